The van der Waals surface area contributed by atoms with Crippen LogP contribution in [0.4, 0.5) is 5.69 Å². The second-order valence-electron chi connectivity index (χ2n) is 7.73. The van der Waals surface area contributed by atoms with Gasteiger partial charge in [0.05, 0.1) is 17.2 Å². The molecule has 0 atom stereocenters. The van der Waals surface area contributed by atoms with Crippen LogP contribution in [0.2, 0.25) is 0 Å². The van der Waals surface area contributed by atoms with Crippen LogP contribution in [0.3, 0.4) is 0 Å². The molecule has 2 aliphatic rings. The molecular weight excluding hydrogens is 472 g/mol. The molecular formula is C25H26N2O5S2. The van der Waals surface area contributed by atoms with Crippen LogP contribution >= 0.6 is 24.0 Å². The second-order valence-corrected chi connectivity index (χ2v) is 9.41. The fourth-order valence-electron chi connectivity index (χ4n) is 3.64. The van der Waals surface area contributed by atoms with Crippen LogP contribution in [0.25, 0.3) is 6.08 Å². The van der Waals surface area contributed by atoms with E-state index < -0.39 is 0 Å². The van der Waals surface area contributed by atoms with E-state index >= 15 is 0 Å². The number of nitrogens with zero attached hydrogens (tertiary/aromatic N) is 1. The van der Waals surface area contributed by atoms with E-state index in [2.05, 4.69) is 5.32 Å². The van der Waals surface area contributed by atoms with Crippen molar-refractivity contribution < 1.29 is 23.8 Å². The van der Waals surface area contributed by atoms with E-state index in [1.165, 1.54) is 11.8 Å². The Morgan fingerprint density at radius 2 is 2.00 bits per heavy atom. The molecule has 34 heavy (non-hydrogen) atoms. The zero-order valence-electron chi connectivity index (χ0n) is 18.9. The molecule has 1 N–H and O–H groups in total. The Balaban J connectivity index is 1.22. The summed E-state index contributed by atoms with van der Waals surface area (Å²) in [5.41, 5.74) is 1.54. The number of thiocarbonyl (C=S) groups is 1. The van der Waals surface area contributed by atoms with Gasteiger partial charge in [-0.2, -0.15) is 0 Å². The zero-order valence-corrected chi connectivity index (χ0v) is 20.5. The number of hydrogen-bond donors (Lipinski definition) is 1. The number of fused-ring (bicyclic) bond motifs is 1. The molecule has 0 bridgehead atoms. The highest BCUT2D eigenvalue weighted by Gasteiger charge is 2.31. The number of carbonyl (C=O) groups is 2. The van der Waals surface area contributed by atoms with Gasteiger partial charge in [-0.1, -0.05) is 48.6 Å². The number of anilines is 1. The van der Waals surface area contributed by atoms with Gasteiger partial charge < -0.3 is 19.5 Å². The Labute approximate surface area is 208 Å². The first-order chi connectivity index (χ1) is 16.5. The predicted molar refractivity (Wildman–Crippen MR) is 137 cm³/mol. The van der Waals surface area contributed by atoms with Gasteiger partial charge in [0.15, 0.2) is 11.5 Å². The van der Waals surface area contributed by atoms with E-state index in [9.17, 15) is 9.59 Å². The number of unbranched alkanes of at least 4 members (excludes halogenated alkanes) is 2. The van der Waals surface area contributed by atoms with Crippen molar-refractivity contribution in [3.63, 3.8) is 0 Å². The van der Waals surface area contributed by atoms with Gasteiger partial charge in [0.25, 0.3) is 5.91 Å². The summed E-state index contributed by atoms with van der Waals surface area (Å²) in [6.45, 7) is 3.20. The molecule has 2 amide bonds. The normalized spacial score (nSPS) is 15.8. The number of rotatable bonds is 10. The van der Waals surface area contributed by atoms with Crippen molar-refractivity contribution in [3.8, 4) is 17.2 Å². The lowest BCUT2D eigenvalue weighted by atomic mass is 10.1. The molecule has 178 valence electrons. The summed E-state index contributed by atoms with van der Waals surface area (Å²) in [5, 5.41) is 2.91. The van der Waals surface area contributed by atoms with Crippen molar-refractivity contribution in [2.45, 2.75) is 32.6 Å². The van der Waals surface area contributed by atoms with Crippen LogP contribution < -0.4 is 19.5 Å². The number of hydrogen-bond acceptors (Lipinski definition) is 7. The number of amides is 2. The maximum atomic E-state index is 12.8. The lowest BCUT2D eigenvalue weighted by molar-refractivity contribution is -0.122. The van der Waals surface area contributed by atoms with Gasteiger partial charge in [0.1, 0.15) is 10.1 Å². The minimum atomic E-state index is -0.0852. The quantitative estimate of drug-likeness (QED) is 0.274. The van der Waals surface area contributed by atoms with E-state index in [-0.39, 0.29) is 18.6 Å². The lowest BCUT2D eigenvalue weighted by Crippen LogP contribution is -2.29. The zero-order chi connectivity index (χ0) is 23.9. The van der Waals surface area contributed by atoms with Gasteiger partial charge >= 0.3 is 0 Å². The maximum absolute atomic E-state index is 12.8. The first-order valence-electron chi connectivity index (χ1n) is 11.2. The number of nitrogens with one attached hydrogen (secondary N) is 1. The van der Waals surface area contributed by atoms with Crippen LogP contribution in [-0.4, -0.2) is 41.0 Å². The third-order valence-electron chi connectivity index (χ3n) is 5.31. The molecule has 7 nitrogen and oxygen atoms in total. The van der Waals surface area contributed by atoms with Crippen LogP contribution in [-0.2, 0) is 9.59 Å². The molecule has 0 aliphatic carbocycles. The van der Waals surface area contributed by atoms with Gasteiger partial charge in [-0.3, -0.25) is 14.5 Å². The summed E-state index contributed by atoms with van der Waals surface area (Å²) in [6, 6.07) is 13.0. The average Bonchev–Trinajstić information content (AvgIpc) is 3.39. The summed E-state index contributed by atoms with van der Waals surface area (Å²) in [5.74, 6) is 1.91. The lowest BCUT2D eigenvalue weighted by Gasteiger charge is -2.14. The fourth-order valence-corrected chi connectivity index (χ4v) is 4.95. The van der Waals surface area contributed by atoms with E-state index in [0.717, 1.165) is 24.8 Å². The molecule has 2 aliphatic heterocycles. The topological polar surface area (TPSA) is 77.1 Å². The summed E-state index contributed by atoms with van der Waals surface area (Å²) in [6.07, 6.45) is 4.55. The molecule has 9 heteroatoms. The van der Waals surface area contributed by atoms with Gasteiger partial charge in [-0.25, -0.2) is 0 Å². The maximum Gasteiger partial charge on any atom is 0.266 e. The monoisotopic (exact) mass is 498 g/mol. The molecule has 1 saturated heterocycles. The Morgan fingerprint density at radius 3 is 2.85 bits per heavy atom. The molecule has 0 unspecified atom stereocenters. The Morgan fingerprint density at radius 1 is 1.18 bits per heavy atom. The van der Waals surface area contributed by atoms with E-state index in [1.807, 2.05) is 55.5 Å². The Kier molecular flexibility index (Phi) is 8.08. The molecule has 0 aromatic heterocycles. The standard InChI is InChI=1S/C25H26N2O5S2/c1-2-30-19-9-6-5-8-18(19)26-23(28)10-4-3-7-13-27-24(29)22(34-25(27)33)15-17-11-12-20-21(14-17)32-16-31-20/h5-6,8-9,11-12,14-15H,2-4,7,10,13,16H2,1H3,(H,26,28). The number of benzene rings is 2. The SMILES string of the molecule is CCOc1ccccc1NC(=O)CCCCCN1C(=O)C(=Cc2ccc3c(c2)OCO3)SC1=S. The van der Waals surface area contributed by atoms with Crippen molar-refractivity contribution >= 4 is 51.9 Å². The number of para-hydroxylation sites is 2. The smallest absolute Gasteiger partial charge is 0.266 e. The number of ether oxygens (including phenoxy) is 3. The van der Waals surface area contributed by atoms with Crippen LogP contribution in [0.15, 0.2) is 47.4 Å². The first-order valence-corrected chi connectivity index (χ1v) is 12.4. The fraction of sp³-hybridized carbons (Fsp3) is 0.320. The third kappa shape index (κ3) is 5.90. The number of thioether (sulfide) groups is 1. The molecule has 0 saturated carbocycles. The third-order valence-corrected chi connectivity index (χ3v) is 6.69. The van der Waals surface area contributed by atoms with Crippen molar-refractivity contribution in [1.82, 2.24) is 4.90 Å². The molecule has 4 rings (SSSR count). The molecule has 2 aromatic rings. The summed E-state index contributed by atoms with van der Waals surface area (Å²) < 4.78 is 16.8. The summed E-state index contributed by atoms with van der Waals surface area (Å²) in [7, 11) is 0. The summed E-state index contributed by atoms with van der Waals surface area (Å²) >= 11 is 6.73. The van der Waals surface area contributed by atoms with Gasteiger partial charge in [0, 0.05) is 13.0 Å². The van der Waals surface area contributed by atoms with Gasteiger partial charge in [-0.15, -0.1) is 0 Å². The van der Waals surface area contributed by atoms with Crippen molar-refractivity contribution in [3.05, 3.63) is 52.9 Å². The summed E-state index contributed by atoms with van der Waals surface area (Å²) in [4.78, 5) is 27.4. The van der Waals surface area contributed by atoms with E-state index in [0.29, 0.717) is 51.7 Å². The molecule has 0 spiro atoms. The predicted octanol–water partition coefficient (Wildman–Crippen LogP) is 5.21. The Bertz CT molecular complexity index is 1120. The molecule has 2 aromatic carbocycles. The largest absolute Gasteiger partial charge is 0.492 e. The van der Waals surface area contributed by atoms with Gasteiger partial charge in [0.2, 0.25) is 12.7 Å². The average molecular weight is 499 g/mol. The van der Waals surface area contributed by atoms with E-state index in [1.54, 1.807) is 4.90 Å². The molecule has 1 fully saturated rings. The van der Waals surface area contributed by atoms with Crippen LogP contribution in [0.1, 0.15) is 38.2 Å². The van der Waals surface area contributed by atoms with Crippen molar-refractivity contribution in [1.29, 1.82) is 0 Å². The molecule has 0 radical (unpaired) electrons. The van der Waals surface area contributed by atoms with Crippen molar-refractivity contribution in [2.24, 2.45) is 0 Å². The minimum Gasteiger partial charge on any atom is -0.492 e. The van der Waals surface area contributed by atoms with Gasteiger partial charge in [-0.05, 0) is 55.7 Å². The molecule has 2 heterocycles. The highest BCUT2D eigenvalue weighted by molar-refractivity contribution is 8.26. The van der Waals surface area contributed by atoms with Crippen LogP contribution in [0.5, 0.6) is 17.2 Å². The van der Waals surface area contributed by atoms with Crippen molar-refractivity contribution in [2.75, 3.05) is 25.3 Å². The highest BCUT2D eigenvalue weighted by Crippen LogP contribution is 2.36. The highest BCUT2D eigenvalue weighted by atomic mass is 32.2. The van der Waals surface area contributed by atoms with Crippen LogP contribution in [0, 0.1) is 0 Å². The second kappa shape index (κ2) is 11.4. The number of carbonyl (C=O) groups excluding carboxylic acids is 2. The minimum absolute atomic E-state index is 0.0515. The first kappa shape index (κ1) is 24.1. The Hall–Kier alpha value is -3.04. The van der Waals surface area contributed by atoms with E-state index in [4.69, 9.17) is 26.4 Å².